The molecule has 0 bridgehead atoms. The van der Waals surface area contributed by atoms with Gasteiger partial charge in [0, 0.05) is 24.1 Å². The van der Waals surface area contributed by atoms with Crippen LogP contribution in [0.4, 0.5) is 11.4 Å². The van der Waals surface area contributed by atoms with E-state index in [0.717, 1.165) is 32.4 Å². The molecular weight excluding hydrogens is 434 g/mol. The van der Waals surface area contributed by atoms with E-state index in [1.807, 2.05) is 55.6 Å². The number of rotatable bonds is 4. The van der Waals surface area contributed by atoms with E-state index in [1.54, 1.807) is 22.7 Å². The number of anilines is 1. The van der Waals surface area contributed by atoms with Gasteiger partial charge in [0.25, 0.3) is 5.91 Å². The molecule has 2 aliphatic heterocycles. The van der Waals surface area contributed by atoms with Crippen molar-refractivity contribution in [1.29, 1.82) is 0 Å². The number of nitrogens with zero attached hydrogens (tertiary/aromatic N) is 3. The summed E-state index contributed by atoms with van der Waals surface area (Å²) >= 11 is 3.06. The van der Waals surface area contributed by atoms with Crippen LogP contribution >= 0.6 is 23.5 Å². The Bertz CT molecular complexity index is 1270. The fraction of sp³-hybridized carbons (Fsp3) is 0.0769. The molecule has 4 nitrogen and oxygen atoms in total. The smallest absolute Gasteiger partial charge is 0.269 e. The zero-order chi connectivity index (χ0) is 22.1. The number of carbonyl (C=O) groups is 1. The Labute approximate surface area is 196 Å². The Kier molecular flexibility index (Phi) is 5.64. The van der Waals surface area contributed by atoms with Crippen molar-refractivity contribution in [2.45, 2.75) is 4.90 Å². The summed E-state index contributed by atoms with van der Waals surface area (Å²) in [4.78, 5) is 24.0. The van der Waals surface area contributed by atoms with Crippen molar-refractivity contribution in [3.8, 4) is 11.1 Å². The minimum Gasteiger partial charge on any atom is -0.337 e. The van der Waals surface area contributed by atoms with Gasteiger partial charge >= 0.3 is 0 Å². The standard InChI is InChI=1S/C26H21N3OS2/c1-3-17-29-24(30)23(25-28(2)21-15-9-10-16-22(21)31-25)32-26(29)27-20-14-8-7-13-19(20)18-11-5-4-6-12-18/h3-16H,1,17H2,2H3/b25-23-,27-26?. The number of aliphatic imine (C=N–C) groups is 1. The molecule has 0 unspecified atom stereocenters. The van der Waals surface area contributed by atoms with Gasteiger partial charge in [0.05, 0.1) is 16.4 Å². The van der Waals surface area contributed by atoms with Gasteiger partial charge in [-0.1, -0.05) is 78.5 Å². The highest BCUT2D eigenvalue weighted by Gasteiger charge is 2.38. The third-order valence-electron chi connectivity index (χ3n) is 5.31. The number of hydrogen-bond acceptors (Lipinski definition) is 5. The number of carbonyl (C=O) groups excluding carboxylic acids is 1. The maximum Gasteiger partial charge on any atom is 0.269 e. The molecule has 0 radical (unpaired) electrons. The van der Waals surface area contributed by atoms with Crippen LogP contribution in [0.15, 0.2) is 111 Å². The Hall–Kier alpha value is -3.22. The van der Waals surface area contributed by atoms with Crippen molar-refractivity contribution >= 4 is 46.0 Å². The predicted molar refractivity (Wildman–Crippen MR) is 136 cm³/mol. The summed E-state index contributed by atoms with van der Waals surface area (Å²) in [6.45, 7) is 4.26. The van der Waals surface area contributed by atoms with E-state index in [1.165, 1.54) is 11.8 Å². The first-order valence-electron chi connectivity index (χ1n) is 10.3. The van der Waals surface area contributed by atoms with Crippen LogP contribution in [0.3, 0.4) is 0 Å². The fourth-order valence-corrected chi connectivity index (χ4v) is 6.09. The molecule has 3 aromatic rings. The molecule has 158 valence electrons. The van der Waals surface area contributed by atoms with Gasteiger partial charge in [0.15, 0.2) is 5.17 Å². The molecule has 1 saturated heterocycles. The van der Waals surface area contributed by atoms with Gasteiger partial charge in [0.2, 0.25) is 0 Å². The van der Waals surface area contributed by atoms with Gasteiger partial charge < -0.3 is 4.90 Å². The van der Waals surface area contributed by atoms with Crippen LogP contribution in [-0.4, -0.2) is 29.6 Å². The van der Waals surface area contributed by atoms with E-state index in [-0.39, 0.29) is 5.91 Å². The van der Waals surface area contributed by atoms with Crippen molar-refractivity contribution in [1.82, 2.24) is 4.90 Å². The molecule has 3 aromatic carbocycles. The third kappa shape index (κ3) is 3.66. The molecule has 6 heteroatoms. The van der Waals surface area contributed by atoms with Crippen LogP contribution in [0.25, 0.3) is 11.1 Å². The Morgan fingerprint density at radius 1 is 0.938 bits per heavy atom. The number of para-hydroxylation sites is 2. The Morgan fingerprint density at radius 3 is 2.44 bits per heavy atom. The Morgan fingerprint density at radius 2 is 1.66 bits per heavy atom. The van der Waals surface area contributed by atoms with Crippen molar-refractivity contribution in [2.75, 3.05) is 18.5 Å². The topological polar surface area (TPSA) is 35.9 Å². The zero-order valence-electron chi connectivity index (χ0n) is 17.6. The van der Waals surface area contributed by atoms with Crippen molar-refractivity contribution in [3.05, 3.63) is 101 Å². The quantitative estimate of drug-likeness (QED) is 0.332. The molecule has 5 rings (SSSR count). The maximum absolute atomic E-state index is 13.4. The molecule has 1 fully saturated rings. The minimum absolute atomic E-state index is 0.0343. The summed E-state index contributed by atoms with van der Waals surface area (Å²) in [5.41, 5.74) is 4.08. The first-order chi connectivity index (χ1) is 15.7. The largest absolute Gasteiger partial charge is 0.337 e. The highest BCUT2D eigenvalue weighted by atomic mass is 32.2. The second-order valence-electron chi connectivity index (χ2n) is 7.35. The summed E-state index contributed by atoms with van der Waals surface area (Å²) in [6, 6.07) is 26.4. The number of amidine groups is 1. The number of hydrogen-bond donors (Lipinski definition) is 0. The van der Waals surface area contributed by atoms with E-state index in [9.17, 15) is 4.79 Å². The van der Waals surface area contributed by atoms with Crippen LogP contribution < -0.4 is 4.90 Å². The SMILES string of the molecule is C=CCN1C(=O)/C(=C2/Sc3ccccc3N2C)SC1=Nc1ccccc1-c1ccccc1. The molecule has 0 N–H and O–H groups in total. The normalized spacial score (nSPS) is 19.0. The van der Waals surface area contributed by atoms with E-state index >= 15 is 0 Å². The highest BCUT2D eigenvalue weighted by molar-refractivity contribution is 8.19. The van der Waals surface area contributed by atoms with E-state index < -0.39 is 0 Å². The minimum atomic E-state index is -0.0343. The van der Waals surface area contributed by atoms with Crippen LogP contribution in [0.1, 0.15) is 0 Å². The number of thioether (sulfide) groups is 2. The summed E-state index contributed by atoms with van der Waals surface area (Å²) < 4.78 is 0. The molecule has 0 spiro atoms. The summed E-state index contributed by atoms with van der Waals surface area (Å²) in [7, 11) is 2.01. The monoisotopic (exact) mass is 455 g/mol. The number of fused-ring (bicyclic) bond motifs is 1. The molecule has 2 heterocycles. The van der Waals surface area contributed by atoms with Gasteiger partial charge in [-0.3, -0.25) is 9.69 Å². The number of amides is 1. The van der Waals surface area contributed by atoms with Crippen LogP contribution in [0.2, 0.25) is 0 Å². The molecule has 32 heavy (non-hydrogen) atoms. The van der Waals surface area contributed by atoms with Gasteiger partial charge in [-0.15, -0.1) is 6.58 Å². The fourth-order valence-electron chi connectivity index (χ4n) is 3.75. The van der Waals surface area contributed by atoms with Crippen LogP contribution in [-0.2, 0) is 4.79 Å². The van der Waals surface area contributed by atoms with Crippen molar-refractivity contribution < 1.29 is 4.79 Å². The highest BCUT2D eigenvalue weighted by Crippen LogP contribution is 2.50. The van der Waals surface area contributed by atoms with Crippen LogP contribution in [0.5, 0.6) is 0 Å². The third-order valence-corrected chi connectivity index (χ3v) is 7.74. The molecule has 1 amide bonds. The lowest BCUT2D eigenvalue weighted by Gasteiger charge is -2.15. The average Bonchev–Trinajstić information content (AvgIpc) is 3.32. The Balaban J connectivity index is 1.57. The summed E-state index contributed by atoms with van der Waals surface area (Å²) in [6.07, 6.45) is 1.74. The molecule has 0 aromatic heterocycles. The van der Waals surface area contributed by atoms with Gasteiger partial charge in [-0.2, -0.15) is 0 Å². The molecule has 0 saturated carbocycles. The molecule has 2 aliphatic rings. The predicted octanol–water partition coefficient (Wildman–Crippen LogP) is 6.51. The van der Waals surface area contributed by atoms with E-state index in [2.05, 4.69) is 41.8 Å². The van der Waals surface area contributed by atoms with Crippen molar-refractivity contribution in [2.24, 2.45) is 4.99 Å². The zero-order valence-corrected chi connectivity index (χ0v) is 19.2. The van der Waals surface area contributed by atoms with E-state index in [4.69, 9.17) is 4.99 Å². The first kappa shape index (κ1) is 20.7. The lowest BCUT2D eigenvalue weighted by atomic mass is 10.0. The maximum atomic E-state index is 13.4. The lowest BCUT2D eigenvalue weighted by molar-refractivity contribution is -0.121. The molecule has 0 atom stereocenters. The lowest BCUT2D eigenvalue weighted by Crippen LogP contribution is -2.29. The van der Waals surface area contributed by atoms with Gasteiger partial charge in [-0.25, -0.2) is 4.99 Å². The number of benzene rings is 3. The first-order valence-corrected chi connectivity index (χ1v) is 11.9. The summed E-state index contributed by atoms with van der Waals surface area (Å²) in [5.74, 6) is -0.0343. The molecule has 0 aliphatic carbocycles. The van der Waals surface area contributed by atoms with Gasteiger partial charge in [0.1, 0.15) is 4.91 Å². The summed E-state index contributed by atoms with van der Waals surface area (Å²) in [5, 5.41) is 1.61. The van der Waals surface area contributed by atoms with Crippen molar-refractivity contribution in [3.63, 3.8) is 0 Å². The second-order valence-corrected chi connectivity index (χ2v) is 9.36. The van der Waals surface area contributed by atoms with E-state index in [0.29, 0.717) is 16.6 Å². The average molecular weight is 456 g/mol. The van der Waals surface area contributed by atoms with Gasteiger partial charge in [-0.05, 0) is 35.5 Å². The second kappa shape index (κ2) is 8.73. The van der Waals surface area contributed by atoms with Crippen LogP contribution in [0, 0.1) is 0 Å². The molecular formula is C26H21N3OS2.